The van der Waals surface area contributed by atoms with Crippen molar-refractivity contribution in [3.63, 3.8) is 0 Å². The van der Waals surface area contributed by atoms with E-state index in [0.717, 1.165) is 0 Å². The second-order valence-electron chi connectivity index (χ2n) is 7.60. The molecule has 3 rings (SSSR count). The zero-order chi connectivity index (χ0) is 25.5. The van der Waals surface area contributed by atoms with Gasteiger partial charge in [-0.25, -0.2) is 0 Å². The van der Waals surface area contributed by atoms with Gasteiger partial charge in [0, 0.05) is 23.4 Å². The van der Waals surface area contributed by atoms with Gasteiger partial charge in [-0.15, -0.1) is 10.2 Å². The summed E-state index contributed by atoms with van der Waals surface area (Å²) in [7, 11) is 0. The van der Waals surface area contributed by atoms with Gasteiger partial charge in [0.15, 0.2) is 16.8 Å². The molecule has 0 aliphatic carbocycles. The SMILES string of the molecule is CC[C@H](Sc1nnc(CNC(=O)c2ccc(Cl)c(Cl)c2)n1CC)C(=O)Nc1cccc(C(C)=O)c1. The summed E-state index contributed by atoms with van der Waals surface area (Å²) in [4.78, 5) is 37.0. The van der Waals surface area contributed by atoms with Gasteiger partial charge in [0.2, 0.25) is 5.91 Å². The number of Topliss-reactive ketones (excluding diaryl/α,β-unsaturated/α-hetero) is 1. The first-order valence-electron chi connectivity index (χ1n) is 11.0. The van der Waals surface area contributed by atoms with Gasteiger partial charge in [0.25, 0.3) is 5.91 Å². The van der Waals surface area contributed by atoms with Crippen LogP contribution in [0.4, 0.5) is 5.69 Å². The topological polar surface area (TPSA) is 106 Å². The third-order valence-electron chi connectivity index (χ3n) is 5.15. The van der Waals surface area contributed by atoms with E-state index in [9.17, 15) is 14.4 Å². The molecule has 0 unspecified atom stereocenters. The predicted octanol–water partition coefficient (Wildman–Crippen LogP) is 5.25. The standard InChI is InChI=1S/C24H25Cl2N5O3S/c1-4-20(23(34)28-17-8-6-7-15(11-17)14(3)32)35-24-30-29-21(31(24)5-2)13-27-22(33)16-9-10-18(25)19(26)12-16/h6-12,20H,4-5,13H2,1-3H3,(H,27,33)(H,28,34)/t20-/m0/s1. The van der Waals surface area contributed by atoms with Crippen LogP contribution in [0, 0.1) is 0 Å². The van der Waals surface area contributed by atoms with E-state index in [2.05, 4.69) is 20.8 Å². The van der Waals surface area contributed by atoms with E-state index >= 15 is 0 Å². The van der Waals surface area contributed by atoms with Crippen molar-refractivity contribution in [1.82, 2.24) is 20.1 Å². The zero-order valence-corrected chi connectivity index (χ0v) is 21.8. The summed E-state index contributed by atoms with van der Waals surface area (Å²) in [5.41, 5.74) is 1.47. The highest BCUT2D eigenvalue weighted by Gasteiger charge is 2.23. The van der Waals surface area contributed by atoms with Gasteiger partial charge in [0.05, 0.1) is 21.8 Å². The van der Waals surface area contributed by atoms with E-state index in [1.54, 1.807) is 36.4 Å². The summed E-state index contributed by atoms with van der Waals surface area (Å²) in [5, 5.41) is 14.9. The molecule has 0 radical (unpaired) electrons. The molecule has 2 amide bonds. The fourth-order valence-electron chi connectivity index (χ4n) is 3.24. The van der Waals surface area contributed by atoms with Gasteiger partial charge in [-0.2, -0.15) is 0 Å². The summed E-state index contributed by atoms with van der Waals surface area (Å²) in [6.45, 7) is 6.04. The van der Waals surface area contributed by atoms with Crippen molar-refractivity contribution in [3.05, 3.63) is 69.5 Å². The highest BCUT2D eigenvalue weighted by molar-refractivity contribution is 8.00. The lowest BCUT2D eigenvalue weighted by molar-refractivity contribution is -0.115. The fourth-order valence-corrected chi connectivity index (χ4v) is 4.58. The first-order chi connectivity index (χ1) is 16.7. The third kappa shape index (κ3) is 6.84. The molecule has 8 nitrogen and oxygen atoms in total. The van der Waals surface area contributed by atoms with Crippen LogP contribution in [0.15, 0.2) is 47.6 Å². The van der Waals surface area contributed by atoms with Gasteiger partial charge in [-0.05, 0) is 50.6 Å². The van der Waals surface area contributed by atoms with Crippen molar-refractivity contribution < 1.29 is 14.4 Å². The van der Waals surface area contributed by atoms with Crippen molar-refractivity contribution >= 4 is 58.2 Å². The number of hydrogen-bond acceptors (Lipinski definition) is 6. The number of aromatic nitrogens is 3. The van der Waals surface area contributed by atoms with E-state index in [4.69, 9.17) is 23.2 Å². The van der Waals surface area contributed by atoms with E-state index in [1.807, 2.05) is 18.4 Å². The Morgan fingerprint density at radius 1 is 1.03 bits per heavy atom. The zero-order valence-electron chi connectivity index (χ0n) is 19.5. The summed E-state index contributed by atoms with van der Waals surface area (Å²) in [6, 6.07) is 11.5. The average molecular weight is 534 g/mol. The maximum atomic E-state index is 12.9. The number of amides is 2. The monoisotopic (exact) mass is 533 g/mol. The first kappa shape index (κ1) is 26.7. The summed E-state index contributed by atoms with van der Waals surface area (Å²) in [6.07, 6.45) is 0.558. The summed E-state index contributed by atoms with van der Waals surface area (Å²) >= 11 is 13.2. The Morgan fingerprint density at radius 3 is 2.46 bits per heavy atom. The lowest BCUT2D eigenvalue weighted by Gasteiger charge is -2.15. The predicted molar refractivity (Wildman–Crippen MR) is 138 cm³/mol. The van der Waals surface area contributed by atoms with Gasteiger partial charge >= 0.3 is 0 Å². The number of carbonyl (C=O) groups excluding carboxylic acids is 3. The fraction of sp³-hybridized carbons (Fsp3) is 0.292. The highest BCUT2D eigenvalue weighted by atomic mass is 35.5. The molecule has 0 bridgehead atoms. The summed E-state index contributed by atoms with van der Waals surface area (Å²) < 4.78 is 1.85. The van der Waals surface area contributed by atoms with E-state index in [-0.39, 0.29) is 24.1 Å². The van der Waals surface area contributed by atoms with Crippen LogP contribution < -0.4 is 10.6 Å². The van der Waals surface area contributed by atoms with Crippen molar-refractivity contribution in [1.29, 1.82) is 0 Å². The molecule has 184 valence electrons. The largest absolute Gasteiger partial charge is 0.345 e. The number of carbonyl (C=O) groups is 3. The van der Waals surface area contributed by atoms with E-state index in [0.29, 0.717) is 50.8 Å². The number of halogens is 2. The van der Waals surface area contributed by atoms with Gasteiger partial charge in [-0.3, -0.25) is 14.4 Å². The van der Waals surface area contributed by atoms with Crippen molar-refractivity contribution in [2.75, 3.05) is 5.32 Å². The number of rotatable bonds is 10. The van der Waals surface area contributed by atoms with Crippen molar-refractivity contribution in [2.24, 2.45) is 0 Å². The van der Waals surface area contributed by atoms with Crippen LogP contribution in [0.25, 0.3) is 0 Å². The Balaban J connectivity index is 1.67. The van der Waals surface area contributed by atoms with Crippen LogP contribution in [0.1, 0.15) is 53.7 Å². The van der Waals surface area contributed by atoms with Crippen LogP contribution in [-0.2, 0) is 17.9 Å². The highest BCUT2D eigenvalue weighted by Crippen LogP contribution is 2.26. The second kappa shape index (κ2) is 12.2. The maximum absolute atomic E-state index is 12.9. The Hall–Kier alpha value is -2.88. The Morgan fingerprint density at radius 2 is 1.80 bits per heavy atom. The number of thioether (sulfide) groups is 1. The van der Waals surface area contributed by atoms with Crippen LogP contribution in [0.2, 0.25) is 10.0 Å². The van der Waals surface area contributed by atoms with Crippen molar-refractivity contribution in [2.45, 2.75) is 50.7 Å². The van der Waals surface area contributed by atoms with Crippen LogP contribution in [0.3, 0.4) is 0 Å². The number of benzene rings is 2. The minimum absolute atomic E-state index is 0.0719. The van der Waals surface area contributed by atoms with Gasteiger partial charge in [-0.1, -0.05) is 54.0 Å². The molecular formula is C24H25Cl2N5O3S. The molecule has 1 aromatic heterocycles. The third-order valence-corrected chi connectivity index (χ3v) is 7.23. The normalized spacial score (nSPS) is 11.7. The number of ketones is 1. The Bertz CT molecular complexity index is 1250. The molecule has 3 aromatic rings. The van der Waals surface area contributed by atoms with Crippen molar-refractivity contribution in [3.8, 4) is 0 Å². The molecule has 0 aliphatic rings. The molecule has 11 heteroatoms. The number of anilines is 1. The number of hydrogen-bond donors (Lipinski definition) is 2. The Labute approximate surface area is 217 Å². The maximum Gasteiger partial charge on any atom is 0.251 e. The van der Waals surface area contributed by atoms with Gasteiger partial charge in [0.1, 0.15) is 0 Å². The molecule has 0 fully saturated rings. The minimum Gasteiger partial charge on any atom is -0.345 e. The second-order valence-corrected chi connectivity index (χ2v) is 9.58. The molecule has 0 spiro atoms. The molecule has 1 heterocycles. The lowest BCUT2D eigenvalue weighted by Crippen LogP contribution is -2.26. The molecule has 35 heavy (non-hydrogen) atoms. The molecule has 0 saturated carbocycles. The number of nitrogens with one attached hydrogen (secondary N) is 2. The Kier molecular flexibility index (Phi) is 9.31. The summed E-state index contributed by atoms with van der Waals surface area (Å²) in [5.74, 6) is -0.0227. The molecule has 2 N–H and O–H groups in total. The molecule has 0 saturated heterocycles. The van der Waals surface area contributed by atoms with Crippen LogP contribution in [-0.4, -0.2) is 37.6 Å². The molecule has 1 atom stereocenters. The smallest absolute Gasteiger partial charge is 0.251 e. The first-order valence-corrected chi connectivity index (χ1v) is 12.6. The van der Waals surface area contributed by atoms with Crippen LogP contribution >= 0.6 is 35.0 Å². The lowest BCUT2D eigenvalue weighted by atomic mass is 10.1. The molecule has 0 aliphatic heterocycles. The molecular weight excluding hydrogens is 509 g/mol. The molecule has 2 aromatic carbocycles. The van der Waals surface area contributed by atoms with E-state index in [1.165, 1.54) is 24.8 Å². The average Bonchev–Trinajstić information content (AvgIpc) is 3.24. The quantitative estimate of drug-likeness (QED) is 0.272. The van der Waals surface area contributed by atoms with Gasteiger partial charge < -0.3 is 15.2 Å². The van der Waals surface area contributed by atoms with E-state index < -0.39 is 5.25 Å². The minimum atomic E-state index is -0.427. The van der Waals surface area contributed by atoms with Crippen LogP contribution in [0.5, 0.6) is 0 Å². The number of nitrogens with zero attached hydrogens (tertiary/aromatic N) is 3.